The minimum absolute atomic E-state index is 0.0834. The van der Waals surface area contributed by atoms with Crippen LogP contribution in [-0.2, 0) is 4.79 Å². The van der Waals surface area contributed by atoms with Crippen molar-refractivity contribution in [1.29, 1.82) is 0 Å². The topological polar surface area (TPSA) is 72.3 Å². The number of nitrogens with two attached hydrogens (primary N) is 2. The Balaban J connectivity index is 4.37. The maximum absolute atomic E-state index is 10.8. The average Bonchev–Trinajstić information content (AvgIpc) is 1.99. The van der Waals surface area contributed by atoms with E-state index in [1.807, 2.05) is 11.8 Å². The molecule has 82 valence electrons. The highest BCUT2D eigenvalue weighted by molar-refractivity contribution is 7.80. The lowest BCUT2D eigenvalue weighted by Crippen LogP contribution is -2.47. The number of thiocarbonyl (C=S) groups is 1. The molecule has 1 amide bonds. The van der Waals surface area contributed by atoms with Crippen LogP contribution in [-0.4, -0.2) is 34.9 Å². The van der Waals surface area contributed by atoms with E-state index in [0.717, 1.165) is 6.54 Å². The van der Waals surface area contributed by atoms with Gasteiger partial charge in [-0.2, -0.15) is 0 Å². The zero-order valence-corrected chi connectivity index (χ0v) is 9.80. The summed E-state index contributed by atoms with van der Waals surface area (Å²) in [6.07, 6.45) is 0. The van der Waals surface area contributed by atoms with Crippen molar-refractivity contribution in [2.75, 3.05) is 13.1 Å². The summed E-state index contributed by atoms with van der Waals surface area (Å²) in [4.78, 5) is 13.1. The van der Waals surface area contributed by atoms with E-state index >= 15 is 0 Å². The van der Waals surface area contributed by atoms with E-state index in [1.165, 1.54) is 0 Å². The van der Waals surface area contributed by atoms with Gasteiger partial charge < -0.3 is 11.5 Å². The predicted octanol–water partition coefficient (Wildman–Crippen LogP) is 0.104. The van der Waals surface area contributed by atoms with Crippen LogP contribution >= 0.6 is 12.2 Å². The summed E-state index contributed by atoms with van der Waals surface area (Å²) in [6.45, 7) is 6.99. The first-order valence-electron chi connectivity index (χ1n) is 4.66. The van der Waals surface area contributed by atoms with E-state index in [1.54, 1.807) is 0 Å². The average molecular weight is 217 g/mol. The summed E-state index contributed by atoms with van der Waals surface area (Å²) in [6, 6.07) is -0.0834. The molecule has 4 nitrogen and oxygen atoms in total. The fourth-order valence-electron chi connectivity index (χ4n) is 1.21. The Labute approximate surface area is 90.6 Å². The second-order valence-corrected chi connectivity index (χ2v) is 4.34. The number of primary amides is 1. The highest BCUT2D eigenvalue weighted by Crippen LogP contribution is 2.04. The summed E-state index contributed by atoms with van der Waals surface area (Å²) in [5, 5.41) is 0. The van der Waals surface area contributed by atoms with Gasteiger partial charge in [-0.15, -0.1) is 0 Å². The summed E-state index contributed by atoms with van der Waals surface area (Å²) in [5.41, 5.74) is 10.7. The number of amides is 1. The van der Waals surface area contributed by atoms with Gasteiger partial charge in [0, 0.05) is 6.54 Å². The number of rotatable bonds is 6. The van der Waals surface area contributed by atoms with Crippen molar-refractivity contribution in [2.45, 2.75) is 26.8 Å². The van der Waals surface area contributed by atoms with Gasteiger partial charge in [0.2, 0.25) is 5.91 Å². The molecule has 0 aromatic carbocycles. The van der Waals surface area contributed by atoms with Gasteiger partial charge in [-0.05, 0) is 12.8 Å². The largest absolute Gasteiger partial charge is 0.392 e. The zero-order valence-electron chi connectivity index (χ0n) is 8.99. The molecule has 0 bridgehead atoms. The van der Waals surface area contributed by atoms with Crippen molar-refractivity contribution in [3.63, 3.8) is 0 Å². The van der Waals surface area contributed by atoms with Crippen LogP contribution in [0.2, 0.25) is 0 Å². The van der Waals surface area contributed by atoms with Gasteiger partial charge in [-0.25, -0.2) is 0 Å². The van der Waals surface area contributed by atoms with Crippen LogP contribution < -0.4 is 11.5 Å². The molecule has 0 aromatic heterocycles. The van der Waals surface area contributed by atoms with Crippen molar-refractivity contribution in [1.82, 2.24) is 4.90 Å². The normalized spacial score (nSPS) is 13.2. The summed E-state index contributed by atoms with van der Waals surface area (Å²) in [5.74, 6) is 0.0971. The third-order valence-electron chi connectivity index (χ3n) is 1.92. The fourth-order valence-corrected chi connectivity index (χ4v) is 1.36. The van der Waals surface area contributed by atoms with Crippen LogP contribution in [0.4, 0.5) is 0 Å². The Morgan fingerprint density at radius 2 is 1.86 bits per heavy atom. The van der Waals surface area contributed by atoms with E-state index in [9.17, 15) is 4.79 Å². The molecule has 0 heterocycles. The van der Waals surface area contributed by atoms with Gasteiger partial charge in [0.05, 0.1) is 17.6 Å². The Kier molecular flexibility index (Phi) is 5.64. The smallest absolute Gasteiger partial charge is 0.231 e. The summed E-state index contributed by atoms with van der Waals surface area (Å²) < 4.78 is 0. The molecular weight excluding hydrogens is 198 g/mol. The van der Waals surface area contributed by atoms with Crippen LogP contribution in [0.25, 0.3) is 0 Å². The van der Waals surface area contributed by atoms with Gasteiger partial charge in [-0.1, -0.05) is 26.1 Å². The Hall–Kier alpha value is -0.680. The van der Waals surface area contributed by atoms with Crippen molar-refractivity contribution in [3.05, 3.63) is 0 Å². The van der Waals surface area contributed by atoms with Crippen molar-refractivity contribution in [3.8, 4) is 0 Å². The number of hydrogen-bond donors (Lipinski definition) is 2. The first kappa shape index (κ1) is 13.3. The first-order valence-corrected chi connectivity index (χ1v) is 5.07. The Morgan fingerprint density at radius 1 is 1.36 bits per heavy atom. The van der Waals surface area contributed by atoms with E-state index in [0.29, 0.717) is 10.9 Å². The third-order valence-corrected chi connectivity index (χ3v) is 2.26. The monoisotopic (exact) mass is 217 g/mol. The molecule has 5 heteroatoms. The highest BCUT2D eigenvalue weighted by atomic mass is 32.1. The van der Waals surface area contributed by atoms with Crippen LogP contribution in [0.1, 0.15) is 20.8 Å². The molecule has 0 saturated carbocycles. The number of hydrogen-bond acceptors (Lipinski definition) is 3. The predicted molar refractivity (Wildman–Crippen MR) is 61.9 cm³/mol. The molecule has 0 saturated heterocycles. The highest BCUT2D eigenvalue weighted by Gasteiger charge is 2.18. The van der Waals surface area contributed by atoms with Crippen molar-refractivity contribution in [2.24, 2.45) is 17.4 Å². The molecule has 14 heavy (non-hydrogen) atoms. The molecule has 0 radical (unpaired) electrons. The van der Waals surface area contributed by atoms with Crippen LogP contribution in [0.5, 0.6) is 0 Å². The van der Waals surface area contributed by atoms with Crippen molar-refractivity contribution >= 4 is 23.1 Å². The Bertz CT molecular complexity index is 218. The zero-order chi connectivity index (χ0) is 11.3. The number of carbonyl (C=O) groups is 1. The van der Waals surface area contributed by atoms with E-state index < -0.39 is 0 Å². The quantitative estimate of drug-likeness (QED) is 0.619. The molecule has 0 rings (SSSR count). The molecule has 0 spiro atoms. The molecule has 0 aromatic rings. The van der Waals surface area contributed by atoms with Gasteiger partial charge in [-0.3, -0.25) is 9.69 Å². The maximum atomic E-state index is 10.8. The van der Waals surface area contributed by atoms with Crippen molar-refractivity contribution < 1.29 is 4.79 Å². The lowest BCUT2D eigenvalue weighted by molar-refractivity contribution is -0.119. The molecule has 1 unspecified atom stereocenters. The molecule has 0 fully saturated rings. The van der Waals surface area contributed by atoms with Gasteiger partial charge in [0.15, 0.2) is 0 Å². The maximum Gasteiger partial charge on any atom is 0.231 e. The Morgan fingerprint density at radius 3 is 2.14 bits per heavy atom. The number of nitrogens with zero attached hydrogens (tertiary/aromatic N) is 1. The minimum atomic E-state index is -0.353. The van der Waals surface area contributed by atoms with E-state index in [-0.39, 0.29) is 18.5 Å². The van der Waals surface area contributed by atoms with E-state index in [2.05, 4.69) is 13.8 Å². The number of carbonyl (C=O) groups excluding carboxylic acids is 1. The first-order chi connectivity index (χ1) is 6.34. The van der Waals surface area contributed by atoms with E-state index in [4.69, 9.17) is 23.7 Å². The SMILES string of the molecule is CC(C)CN(CC(N)=O)C(C)C(N)=S. The summed E-state index contributed by atoms with van der Waals surface area (Å²) in [7, 11) is 0. The third kappa shape index (κ3) is 5.14. The van der Waals surface area contributed by atoms with Gasteiger partial charge in [0.1, 0.15) is 0 Å². The lowest BCUT2D eigenvalue weighted by atomic mass is 10.1. The molecule has 1 atom stereocenters. The second-order valence-electron chi connectivity index (χ2n) is 3.87. The standard InChI is InChI=1S/C9H19N3OS/c1-6(2)4-12(5-8(10)13)7(3)9(11)14/h6-7H,4-5H2,1-3H3,(H2,10,13)(H2,11,14). The van der Waals surface area contributed by atoms with Gasteiger partial charge >= 0.3 is 0 Å². The fraction of sp³-hybridized carbons (Fsp3) is 0.778. The minimum Gasteiger partial charge on any atom is -0.392 e. The molecular formula is C9H19N3OS. The summed E-state index contributed by atoms with van der Waals surface area (Å²) >= 11 is 4.88. The van der Waals surface area contributed by atoms with Gasteiger partial charge in [0.25, 0.3) is 0 Å². The second kappa shape index (κ2) is 5.93. The van der Waals surface area contributed by atoms with Crippen LogP contribution in [0.15, 0.2) is 0 Å². The van der Waals surface area contributed by atoms with Crippen LogP contribution in [0.3, 0.4) is 0 Å². The molecule has 4 N–H and O–H groups in total. The molecule has 0 aliphatic heterocycles. The lowest BCUT2D eigenvalue weighted by Gasteiger charge is -2.28. The molecule has 0 aliphatic rings. The molecule has 0 aliphatic carbocycles. The van der Waals surface area contributed by atoms with Crippen LogP contribution in [0, 0.1) is 5.92 Å².